The first kappa shape index (κ1) is 9.13. The van der Waals surface area contributed by atoms with Crippen molar-refractivity contribution in [2.24, 2.45) is 9.98 Å². The van der Waals surface area contributed by atoms with Gasteiger partial charge >= 0.3 is 11.8 Å². The Morgan fingerprint density at radius 1 is 1.07 bits per heavy atom. The summed E-state index contributed by atoms with van der Waals surface area (Å²) in [6.07, 6.45) is 0. The summed E-state index contributed by atoms with van der Waals surface area (Å²) < 4.78 is 0. The lowest BCUT2D eigenvalue weighted by atomic mass is 10.3. The van der Waals surface area contributed by atoms with Crippen LogP contribution in [0, 0.1) is 10.1 Å². The fourth-order valence-corrected chi connectivity index (χ4v) is 1.12. The minimum absolute atomic E-state index is 0.0498. The molecule has 2 amide bonds. The maximum Gasteiger partial charge on any atom is 0.338 e. The standard InChI is InChI=1S/C8H3N3O4/c12-7-8(13)10-6-3-4(11(14)15)1-2-5(6)9-7/h1-3H. The van der Waals surface area contributed by atoms with Gasteiger partial charge in [0.2, 0.25) is 0 Å². The van der Waals surface area contributed by atoms with E-state index in [2.05, 4.69) is 9.98 Å². The normalized spacial score (nSPS) is 13.9. The minimum atomic E-state index is -1.01. The lowest BCUT2D eigenvalue weighted by molar-refractivity contribution is -0.385. The van der Waals surface area contributed by atoms with Crippen molar-refractivity contribution in [3.63, 3.8) is 0 Å². The van der Waals surface area contributed by atoms with Crippen LogP contribution in [0.1, 0.15) is 0 Å². The van der Waals surface area contributed by atoms with Crippen LogP contribution in [0.15, 0.2) is 28.2 Å². The molecule has 0 saturated heterocycles. The quantitative estimate of drug-likeness (QED) is 0.330. The van der Waals surface area contributed by atoms with Crippen LogP contribution in [0.25, 0.3) is 0 Å². The summed E-state index contributed by atoms with van der Waals surface area (Å²) in [4.78, 5) is 38.3. The molecule has 0 bridgehead atoms. The van der Waals surface area contributed by atoms with Crippen molar-refractivity contribution in [3.8, 4) is 0 Å². The molecule has 0 radical (unpaired) electrons. The zero-order valence-corrected chi connectivity index (χ0v) is 7.21. The molecule has 7 nitrogen and oxygen atoms in total. The van der Waals surface area contributed by atoms with Gasteiger partial charge in [-0.15, -0.1) is 0 Å². The molecular formula is C8H3N3O4. The van der Waals surface area contributed by atoms with Crippen molar-refractivity contribution in [2.75, 3.05) is 0 Å². The molecule has 0 aromatic heterocycles. The summed E-state index contributed by atoms with van der Waals surface area (Å²) in [5.41, 5.74) is -0.199. The van der Waals surface area contributed by atoms with Crippen LogP contribution in [0.4, 0.5) is 5.69 Å². The average molecular weight is 205 g/mol. The van der Waals surface area contributed by atoms with Gasteiger partial charge in [-0.25, -0.2) is 9.98 Å². The number of carbonyl (C=O) groups is 2. The van der Waals surface area contributed by atoms with E-state index in [-0.39, 0.29) is 16.4 Å². The highest BCUT2D eigenvalue weighted by Gasteiger charge is 2.16. The summed E-state index contributed by atoms with van der Waals surface area (Å²) in [5, 5.41) is 10.6. The van der Waals surface area contributed by atoms with E-state index >= 15 is 0 Å². The fraction of sp³-hybridized carbons (Fsp3) is 0. The molecule has 2 rings (SSSR count). The van der Waals surface area contributed by atoms with Crippen LogP contribution >= 0.6 is 0 Å². The Hall–Kier alpha value is -2.44. The zero-order valence-electron chi connectivity index (χ0n) is 7.21. The second kappa shape index (κ2) is 3.05. The number of hydrogen-bond acceptors (Lipinski definition) is 4. The number of fused-ring (bicyclic) bond motifs is 1. The van der Waals surface area contributed by atoms with Gasteiger partial charge in [-0.05, 0) is 6.07 Å². The van der Waals surface area contributed by atoms with Crippen molar-refractivity contribution >= 4 is 17.5 Å². The van der Waals surface area contributed by atoms with Crippen LogP contribution in [0.3, 0.4) is 0 Å². The number of nitro groups is 1. The minimum Gasteiger partial charge on any atom is -0.261 e. The molecule has 74 valence electrons. The summed E-state index contributed by atoms with van der Waals surface area (Å²) in [6, 6.07) is 3.57. The third-order valence-electron chi connectivity index (χ3n) is 1.80. The van der Waals surface area contributed by atoms with E-state index in [4.69, 9.17) is 0 Å². The SMILES string of the molecule is O=C1N=c2ccc([N+](=O)[O-])cc2=NC1=O. The highest BCUT2D eigenvalue weighted by atomic mass is 16.6. The molecule has 15 heavy (non-hydrogen) atoms. The number of nitrogens with zero attached hydrogens (tertiary/aromatic N) is 3. The number of rotatable bonds is 1. The van der Waals surface area contributed by atoms with Crippen LogP contribution in [0.5, 0.6) is 0 Å². The molecule has 0 aliphatic carbocycles. The average Bonchev–Trinajstić information content (AvgIpc) is 2.19. The second-order valence-electron chi connectivity index (χ2n) is 2.76. The van der Waals surface area contributed by atoms with E-state index in [1.165, 1.54) is 12.1 Å². The molecule has 0 N–H and O–H groups in total. The first-order valence-electron chi connectivity index (χ1n) is 3.88. The van der Waals surface area contributed by atoms with Gasteiger partial charge in [-0.3, -0.25) is 19.7 Å². The first-order valence-corrected chi connectivity index (χ1v) is 3.88. The Kier molecular flexibility index (Phi) is 1.86. The van der Waals surface area contributed by atoms with Crippen LogP contribution in [-0.2, 0) is 9.59 Å². The van der Waals surface area contributed by atoms with Gasteiger partial charge in [0.05, 0.1) is 10.3 Å². The molecule has 7 heteroatoms. The maximum atomic E-state index is 10.9. The molecule has 0 fully saturated rings. The number of nitro benzene ring substituents is 1. The third kappa shape index (κ3) is 1.50. The Balaban J connectivity index is 2.75. The van der Waals surface area contributed by atoms with Gasteiger partial charge in [0.1, 0.15) is 5.36 Å². The molecule has 1 aromatic carbocycles. The van der Waals surface area contributed by atoms with E-state index in [0.29, 0.717) is 0 Å². The first-order chi connectivity index (χ1) is 7.08. The lowest BCUT2D eigenvalue weighted by Gasteiger charge is -1.96. The predicted molar refractivity (Wildman–Crippen MR) is 45.4 cm³/mol. The molecule has 1 heterocycles. The van der Waals surface area contributed by atoms with Crippen molar-refractivity contribution in [1.82, 2.24) is 0 Å². The van der Waals surface area contributed by atoms with Crippen LogP contribution in [-0.4, -0.2) is 16.7 Å². The van der Waals surface area contributed by atoms with Crippen LogP contribution < -0.4 is 10.7 Å². The lowest BCUT2D eigenvalue weighted by Crippen LogP contribution is -2.34. The Morgan fingerprint density at radius 2 is 1.67 bits per heavy atom. The molecule has 1 aliphatic rings. The Labute approximate surface area is 81.9 Å². The third-order valence-corrected chi connectivity index (χ3v) is 1.80. The van der Waals surface area contributed by atoms with Crippen molar-refractivity contribution in [1.29, 1.82) is 0 Å². The molecule has 1 aliphatic heterocycles. The van der Waals surface area contributed by atoms with Gasteiger partial charge in [0, 0.05) is 12.1 Å². The maximum absolute atomic E-state index is 10.9. The topological polar surface area (TPSA) is 102 Å². The van der Waals surface area contributed by atoms with E-state index in [0.717, 1.165) is 6.07 Å². The summed E-state index contributed by atoms with van der Waals surface area (Å²) in [7, 11) is 0. The van der Waals surface area contributed by atoms with E-state index in [1.807, 2.05) is 0 Å². The predicted octanol–water partition coefficient (Wildman–Crippen LogP) is -1.10. The highest BCUT2D eigenvalue weighted by molar-refractivity contribution is 6.36. The van der Waals surface area contributed by atoms with Gasteiger partial charge in [0.25, 0.3) is 5.69 Å². The summed E-state index contributed by atoms with van der Waals surface area (Å²) in [5.74, 6) is -1.97. The zero-order chi connectivity index (χ0) is 11.0. The molecule has 0 unspecified atom stereocenters. The number of carbonyl (C=O) groups excluding carboxylic acids is 2. The van der Waals surface area contributed by atoms with Crippen LogP contribution in [0.2, 0.25) is 0 Å². The van der Waals surface area contributed by atoms with Gasteiger partial charge in [0.15, 0.2) is 0 Å². The van der Waals surface area contributed by atoms with Gasteiger partial charge in [-0.1, -0.05) is 0 Å². The van der Waals surface area contributed by atoms with Crippen molar-refractivity contribution in [2.45, 2.75) is 0 Å². The smallest absolute Gasteiger partial charge is 0.261 e. The number of amides is 2. The van der Waals surface area contributed by atoms with E-state index in [9.17, 15) is 19.7 Å². The summed E-state index contributed by atoms with van der Waals surface area (Å²) >= 11 is 0. The highest BCUT2D eigenvalue weighted by Crippen LogP contribution is 2.03. The molecule has 0 saturated carbocycles. The van der Waals surface area contributed by atoms with Gasteiger partial charge < -0.3 is 0 Å². The Bertz CT molecular complexity index is 605. The molecule has 0 spiro atoms. The monoisotopic (exact) mass is 205 g/mol. The van der Waals surface area contributed by atoms with Crippen molar-refractivity contribution < 1.29 is 14.5 Å². The number of hydrogen-bond donors (Lipinski definition) is 0. The summed E-state index contributed by atoms with van der Waals surface area (Å²) in [6.45, 7) is 0. The fourth-order valence-electron chi connectivity index (χ4n) is 1.12. The number of non-ortho nitro benzene ring substituents is 1. The molecular weight excluding hydrogens is 202 g/mol. The van der Waals surface area contributed by atoms with E-state index < -0.39 is 16.7 Å². The molecule has 1 aromatic rings. The van der Waals surface area contributed by atoms with E-state index in [1.54, 1.807) is 0 Å². The van der Waals surface area contributed by atoms with Crippen molar-refractivity contribution in [3.05, 3.63) is 39.0 Å². The number of benzene rings is 1. The second-order valence-corrected chi connectivity index (χ2v) is 2.76. The van der Waals surface area contributed by atoms with Gasteiger partial charge in [-0.2, -0.15) is 0 Å². The molecule has 0 atom stereocenters. The largest absolute Gasteiger partial charge is 0.338 e. The Morgan fingerprint density at radius 3 is 2.27 bits per heavy atom.